The summed E-state index contributed by atoms with van der Waals surface area (Å²) in [6, 6.07) is 20.7. The Morgan fingerprint density at radius 1 is 1.03 bits per heavy atom. The predicted octanol–water partition coefficient (Wildman–Crippen LogP) is 5.98. The van der Waals surface area contributed by atoms with Crippen molar-refractivity contribution >= 4 is 23.5 Å². The number of morpholine rings is 1. The van der Waals surface area contributed by atoms with Crippen molar-refractivity contribution in [2.24, 2.45) is 0 Å². The number of hydrogen-bond acceptors (Lipinski definition) is 3. The SMILES string of the molecule is CCC[C@H](C(=O)O)N1C(=O)[C@@H](Cc2ccc(F)cc2)O[C@H](c2ccccc2)[C@@H]1c1ccc(Cl)cc1. The van der Waals surface area contributed by atoms with E-state index < -0.39 is 36.2 Å². The Balaban J connectivity index is 1.83. The van der Waals surface area contributed by atoms with E-state index in [4.69, 9.17) is 16.3 Å². The molecule has 35 heavy (non-hydrogen) atoms. The van der Waals surface area contributed by atoms with E-state index in [1.165, 1.54) is 17.0 Å². The lowest BCUT2D eigenvalue weighted by Gasteiger charge is -2.47. The van der Waals surface area contributed by atoms with E-state index in [9.17, 15) is 19.1 Å². The van der Waals surface area contributed by atoms with E-state index in [-0.39, 0.29) is 12.2 Å². The van der Waals surface area contributed by atoms with E-state index in [0.29, 0.717) is 17.9 Å². The summed E-state index contributed by atoms with van der Waals surface area (Å²) in [7, 11) is 0. The average Bonchev–Trinajstić information content (AvgIpc) is 2.86. The van der Waals surface area contributed by atoms with Crippen LogP contribution >= 0.6 is 11.6 Å². The van der Waals surface area contributed by atoms with Crippen LogP contribution in [0, 0.1) is 5.82 Å². The number of hydrogen-bond donors (Lipinski definition) is 1. The quantitative estimate of drug-likeness (QED) is 0.417. The summed E-state index contributed by atoms with van der Waals surface area (Å²) in [6.07, 6.45) is -0.444. The molecule has 0 saturated carbocycles. The van der Waals surface area contributed by atoms with Crippen molar-refractivity contribution in [1.82, 2.24) is 4.90 Å². The molecule has 0 bridgehead atoms. The minimum atomic E-state index is -1.06. The van der Waals surface area contributed by atoms with Gasteiger partial charge in [-0.2, -0.15) is 0 Å². The Bertz CT molecular complexity index is 1150. The number of halogens is 2. The van der Waals surface area contributed by atoms with E-state index in [1.807, 2.05) is 37.3 Å². The first-order valence-electron chi connectivity index (χ1n) is 11.6. The number of aliphatic carboxylic acids is 1. The van der Waals surface area contributed by atoms with Gasteiger partial charge >= 0.3 is 5.97 Å². The van der Waals surface area contributed by atoms with Crippen molar-refractivity contribution < 1.29 is 23.8 Å². The largest absolute Gasteiger partial charge is 0.480 e. The minimum absolute atomic E-state index is 0.199. The van der Waals surface area contributed by atoms with Crippen LogP contribution < -0.4 is 0 Å². The normalized spacial score (nSPS) is 21.1. The van der Waals surface area contributed by atoms with Gasteiger partial charge in [0.2, 0.25) is 0 Å². The Labute approximate surface area is 209 Å². The lowest BCUT2D eigenvalue weighted by molar-refractivity contribution is -0.184. The lowest BCUT2D eigenvalue weighted by atomic mass is 9.88. The molecule has 182 valence electrons. The highest BCUT2D eigenvalue weighted by Crippen LogP contribution is 2.44. The zero-order valence-corrected chi connectivity index (χ0v) is 20.1. The van der Waals surface area contributed by atoms with Gasteiger partial charge in [0.15, 0.2) is 0 Å². The molecular formula is C28H27ClFNO4. The van der Waals surface area contributed by atoms with Gasteiger partial charge < -0.3 is 14.7 Å². The topological polar surface area (TPSA) is 66.8 Å². The van der Waals surface area contributed by atoms with Gasteiger partial charge in [-0.15, -0.1) is 0 Å². The molecule has 4 atom stereocenters. The van der Waals surface area contributed by atoms with Crippen LogP contribution in [0.3, 0.4) is 0 Å². The highest BCUT2D eigenvalue weighted by Gasteiger charge is 2.48. The van der Waals surface area contributed by atoms with E-state index >= 15 is 0 Å². The predicted molar refractivity (Wildman–Crippen MR) is 132 cm³/mol. The molecule has 0 aromatic heterocycles. The molecular weight excluding hydrogens is 469 g/mol. The fourth-order valence-corrected chi connectivity index (χ4v) is 4.76. The van der Waals surface area contributed by atoms with Crippen molar-refractivity contribution in [3.05, 3.63) is 106 Å². The molecule has 1 amide bonds. The van der Waals surface area contributed by atoms with Crippen LogP contribution in [0.2, 0.25) is 5.02 Å². The Morgan fingerprint density at radius 3 is 2.29 bits per heavy atom. The number of carboxylic acids is 1. The molecule has 1 N–H and O–H groups in total. The van der Waals surface area contributed by atoms with Gasteiger partial charge in [0, 0.05) is 11.4 Å². The van der Waals surface area contributed by atoms with Crippen LogP contribution in [0.4, 0.5) is 4.39 Å². The van der Waals surface area contributed by atoms with E-state index in [1.54, 1.807) is 36.4 Å². The second kappa shape index (κ2) is 11.0. The zero-order chi connectivity index (χ0) is 24.9. The van der Waals surface area contributed by atoms with Crippen molar-refractivity contribution in [3.8, 4) is 0 Å². The fourth-order valence-electron chi connectivity index (χ4n) is 4.63. The molecule has 1 saturated heterocycles. The first kappa shape index (κ1) is 24.9. The van der Waals surface area contributed by atoms with Crippen LogP contribution in [0.5, 0.6) is 0 Å². The third-order valence-corrected chi connectivity index (χ3v) is 6.54. The van der Waals surface area contributed by atoms with Gasteiger partial charge in [-0.3, -0.25) is 4.79 Å². The molecule has 1 aliphatic heterocycles. The van der Waals surface area contributed by atoms with Gasteiger partial charge in [-0.25, -0.2) is 9.18 Å². The Kier molecular flexibility index (Phi) is 7.83. The monoisotopic (exact) mass is 495 g/mol. The van der Waals surface area contributed by atoms with Crippen LogP contribution in [0.25, 0.3) is 0 Å². The standard InChI is InChI=1S/C28H27ClFNO4/c1-2-6-23(28(33)34)31-25(19-11-13-21(29)14-12-19)26(20-7-4-3-5-8-20)35-24(27(31)32)17-18-9-15-22(30)16-10-18/h3-5,7-16,23-26H,2,6,17H2,1H3,(H,33,34)/t23-,24-,25+,26-/m1/s1. The summed E-state index contributed by atoms with van der Waals surface area (Å²) in [5.41, 5.74) is 2.29. The zero-order valence-electron chi connectivity index (χ0n) is 19.3. The number of carbonyl (C=O) groups is 2. The maximum absolute atomic E-state index is 13.9. The van der Waals surface area contributed by atoms with E-state index in [0.717, 1.165) is 16.7 Å². The van der Waals surface area contributed by atoms with Gasteiger partial charge in [0.05, 0.1) is 6.04 Å². The minimum Gasteiger partial charge on any atom is -0.480 e. The number of amides is 1. The van der Waals surface area contributed by atoms with Crippen LogP contribution in [-0.2, 0) is 20.7 Å². The molecule has 0 spiro atoms. The third-order valence-electron chi connectivity index (χ3n) is 6.28. The number of ether oxygens (including phenoxy) is 1. The Morgan fingerprint density at radius 2 is 1.69 bits per heavy atom. The third kappa shape index (κ3) is 5.55. The molecule has 1 fully saturated rings. The molecule has 4 rings (SSSR count). The summed E-state index contributed by atoms with van der Waals surface area (Å²) >= 11 is 6.12. The number of carbonyl (C=O) groups excluding carboxylic acids is 1. The molecule has 3 aromatic rings. The van der Waals surface area contributed by atoms with E-state index in [2.05, 4.69) is 0 Å². The smallest absolute Gasteiger partial charge is 0.326 e. The van der Waals surface area contributed by atoms with Crippen LogP contribution in [0.1, 0.15) is 48.6 Å². The lowest BCUT2D eigenvalue weighted by Crippen LogP contribution is -2.57. The van der Waals surface area contributed by atoms with Gasteiger partial charge in [0.1, 0.15) is 24.1 Å². The first-order valence-corrected chi connectivity index (χ1v) is 12.0. The van der Waals surface area contributed by atoms with Crippen molar-refractivity contribution in [2.75, 3.05) is 0 Å². The van der Waals surface area contributed by atoms with Gasteiger partial charge in [-0.05, 0) is 47.4 Å². The highest BCUT2D eigenvalue weighted by molar-refractivity contribution is 6.30. The second-order valence-electron chi connectivity index (χ2n) is 8.67. The fraction of sp³-hybridized carbons (Fsp3) is 0.286. The summed E-state index contributed by atoms with van der Waals surface area (Å²) in [6.45, 7) is 1.89. The second-order valence-corrected chi connectivity index (χ2v) is 9.11. The van der Waals surface area contributed by atoms with Gasteiger partial charge in [0.25, 0.3) is 5.91 Å². The molecule has 1 heterocycles. The number of nitrogens with zero attached hydrogens (tertiary/aromatic N) is 1. The number of rotatable bonds is 8. The Hall–Kier alpha value is -3.22. The molecule has 3 aromatic carbocycles. The summed E-state index contributed by atoms with van der Waals surface area (Å²) in [5, 5.41) is 10.7. The molecule has 5 nitrogen and oxygen atoms in total. The maximum Gasteiger partial charge on any atom is 0.326 e. The molecule has 1 aliphatic rings. The first-order chi connectivity index (χ1) is 16.9. The molecule has 0 unspecified atom stereocenters. The summed E-state index contributed by atoms with van der Waals surface area (Å²) in [5.74, 6) is -1.83. The summed E-state index contributed by atoms with van der Waals surface area (Å²) in [4.78, 5) is 27.8. The van der Waals surface area contributed by atoms with Crippen molar-refractivity contribution in [2.45, 2.75) is 50.5 Å². The van der Waals surface area contributed by atoms with Crippen molar-refractivity contribution in [1.29, 1.82) is 0 Å². The van der Waals surface area contributed by atoms with Crippen LogP contribution in [-0.4, -0.2) is 34.0 Å². The summed E-state index contributed by atoms with van der Waals surface area (Å²) < 4.78 is 19.9. The maximum atomic E-state index is 13.9. The van der Waals surface area contributed by atoms with Gasteiger partial charge in [-0.1, -0.05) is 79.5 Å². The number of benzene rings is 3. The van der Waals surface area contributed by atoms with Crippen molar-refractivity contribution in [3.63, 3.8) is 0 Å². The molecule has 0 aliphatic carbocycles. The molecule has 7 heteroatoms. The van der Waals surface area contributed by atoms with Crippen LogP contribution in [0.15, 0.2) is 78.9 Å². The average molecular weight is 496 g/mol. The number of carboxylic acid groups (broad SMARTS) is 1. The molecule has 0 radical (unpaired) electrons. The highest BCUT2D eigenvalue weighted by atomic mass is 35.5.